The third kappa shape index (κ3) is 4.05. The molecular formula is C11H20N4O3S. The van der Waals surface area contributed by atoms with Crippen LogP contribution in [0.4, 0.5) is 10.9 Å². The Labute approximate surface area is 116 Å². The molecule has 4 N–H and O–H groups in total. The fourth-order valence-electron chi connectivity index (χ4n) is 1.30. The molecule has 1 aromatic heterocycles. The number of thiazole rings is 1. The van der Waals surface area contributed by atoms with Crippen LogP contribution < -0.4 is 11.1 Å². The van der Waals surface area contributed by atoms with Crippen molar-refractivity contribution in [3.05, 3.63) is 4.88 Å². The second-order valence-corrected chi connectivity index (χ2v) is 5.10. The molecule has 0 aliphatic heterocycles. The zero-order chi connectivity index (χ0) is 14.4. The van der Waals surface area contributed by atoms with Gasteiger partial charge in [0, 0.05) is 20.7 Å². The van der Waals surface area contributed by atoms with Crippen LogP contribution in [-0.2, 0) is 4.74 Å². The summed E-state index contributed by atoms with van der Waals surface area (Å²) in [6.45, 7) is 2.80. The van der Waals surface area contributed by atoms with Gasteiger partial charge in [-0.1, -0.05) is 11.3 Å². The number of nitrogens with zero attached hydrogens (tertiary/aromatic N) is 2. The van der Waals surface area contributed by atoms with Crippen LogP contribution in [0.25, 0.3) is 0 Å². The van der Waals surface area contributed by atoms with Crippen LogP contribution in [0.1, 0.15) is 16.6 Å². The first-order chi connectivity index (χ1) is 9.01. The summed E-state index contributed by atoms with van der Waals surface area (Å²) >= 11 is 1.20. The molecule has 108 valence electrons. The molecule has 7 nitrogen and oxygen atoms in total. The van der Waals surface area contributed by atoms with Crippen LogP contribution in [0.5, 0.6) is 0 Å². The minimum Gasteiger partial charge on any atom is -0.394 e. The van der Waals surface area contributed by atoms with Crippen LogP contribution in [-0.4, -0.2) is 60.9 Å². The summed E-state index contributed by atoms with van der Waals surface area (Å²) < 4.78 is 4.91. The zero-order valence-electron chi connectivity index (χ0n) is 11.3. The highest BCUT2D eigenvalue weighted by atomic mass is 32.1. The first-order valence-electron chi connectivity index (χ1n) is 5.88. The predicted molar refractivity (Wildman–Crippen MR) is 75.5 cm³/mol. The van der Waals surface area contributed by atoms with E-state index in [2.05, 4.69) is 10.3 Å². The van der Waals surface area contributed by atoms with Gasteiger partial charge in [-0.3, -0.25) is 4.79 Å². The van der Waals surface area contributed by atoms with Crippen molar-refractivity contribution in [2.45, 2.75) is 13.0 Å². The lowest BCUT2D eigenvalue weighted by Gasteiger charge is -2.22. The van der Waals surface area contributed by atoms with Gasteiger partial charge in [0.15, 0.2) is 5.13 Å². The molecule has 1 heterocycles. The summed E-state index contributed by atoms with van der Waals surface area (Å²) in [7, 11) is 3.23. The van der Waals surface area contributed by atoms with Crippen molar-refractivity contribution in [2.24, 2.45) is 0 Å². The van der Waals surface area contributed by atoms with Crippen molar-refractivity contribution in [3.8, 4) is 0 Å². The van der Waals surface area contributed by atoms with Gasteiger partial charge in [0.25, 0.3) is 5.91 Å². The summed E-state index contributed by atoms with van der Waals surface area (Å²) in [5, 5.41) is 12.7. The zero-order valence-corrected chi connectivity index (χ0v) is 12.2. The lowest BCUT2D eigenvalue weighted by Crippen LogP contribution is -2.37. The average molecular weight is 288 g/mol. The van der Waals surface area contributed by atoms with E-state index in [-0.39, 0.29) is 24.4 Å². The smallest absolute Gasteiger partial charge is 0.267 e. The van der Waals surface area contributed by atoms with Crippen LogP contribution in [0.2, 0.25) is 0 Å². The molecule has 1 atom stereocenters. The van der Waals surface area contributed by atoms with E-state index in [1.165, 1.54) is 16.2 Å². The lowest BCUT2D eigenvalue weighted by molar-refractivity contribution is 0.0688. The number of likely N-dealkylation sites (N-methyl/N-ethyl adjacent to an activating group) is 1. The van der Waals surface area contributed by atoms with Gasteiger partial charge in [-0.25, -0.2) is 4.98 Å². The number of ether oxygens (including phenoxy) is 1. The SMILES string of the molecule is COCCNc1nc(N)c(C(=O)N(C)C(C)CO)s1. The number of carbonyl (C=O) groups excluding carboxylic acids is 1. The number of anilines is 2. The molecule has 1 amide bonds. The molecule has 1 rings (SSSR count). The van der Waals surface area contributed by atoms with Crippen molar-refractivity contribution < 1.29 is 14.6 Å². The monoisotopic (exact) mass is 288 g/mol. The van der Waals surface area contributed by atoms with Crippen molar-refractivity contribution >= 4 is 28.2 Å². The Hall–Kier alpha value is -1.38. The van der Waals surface area contributed by atoms with E-state index in [0.717, 1.165) is 0 Å². The maximum atomic E-state index is 12.2. The maximum absolute atomic E-state index is 12.2. The standard InChI is InChI=1S/C11H20N4O3S/c1-7(6-16)15(2)10(17)8-9(12)14-11(19-8)13-4-5-18-3/h7,16H,4-6,12H2,1-3H3,(H,13,14). The molecule has 0 aliphatic carbocycles. The van der Waals surface area contributed by atoms with Crippen LogP contribution >= 0.6 is 11.3 Å². The minimum absolute atomic E-state index is 0.0973. The van der Waals surface area contributed by atoms with Crippen molar-refractivity contribution in [3.63, 3.8) is 0 Å². The van der Waals surface area contributed by atoms with Crippen LogP contribution in [0.3, 0.4) is 0 Å². The normalized spacial score (nSPS) is 12.2. The molecule has 0 aliphatic rings. The molecule has 19 heavy (non-hydrogen) atoms. The molecule has 1 aromatic rings. The molecular weight excluding hydrogens is 268 g/mol. The molecule has 8 heteroatoms. The van der Waals surface area contributed by atoms with E-state index in [1.807, 2.05) is 0 Å². The van der Waals surface area contributed by atoms with E-state index < -0.39 is 0 Å². The molecule has 0 saturated carbocycles. The predicted octanol–water partition coefficient (Wildman–Crippen LogP) is 0.236. The number of carbonyl (C=O) groups is 1. The van der Waals surface area contributed by atoms with E-state index in [0.29, 0.717) is 23.2 Å². The molecule has 1 unspecified atom stereocenters. The number of nitrogen functional groups attached to an aromatic ring is 1. The number of aliphatic hydroxyl groups is 1. The Morgan fingerprint density at radius 2 is 2.37 bits per heavy atom. The van der Waals surface area contributed by atoms with E-state index >= 15 is 0 Å². The first-order valence-corrected chi connectivity index (χ1v) is 6.70. The molecule has 0 bridgehead atoms. The van der Waals surface area contributed by atoms with Gasteiger partial charge in [0.05, 0.1) is 19.3 Å². The van der Waals surface area contributed by atoms with Crippen molar-refractivity contribution in [1.82, 2.24) is 9.88 Å². The number of aromatic nitrogens is 1. The van der Waals surface area contributed by atoms with Gasteiger partial charge in [-0.15, -0.1) is 0 Å². The fraction of sp³-hybridized carbons (Fsp3) is 0.636. The van der Waals surface area contributed by atoms with Gasteiger partial charge >= 0.3 is 0 Å². The fourth-order valence-corrected chi connectivity index (χ4v) is 2.20. The molecule has 0 radical (unpaired) electrons. The lowest BCUT2D eigenvalue weighted by atomic mass is 10.3. The number of amides is 1. The van der Waals surface area contributed by atoms with Gasteiger partial charge < -0.3 is 25.8 Å². The van der Waals surface area contributed by atoms with Gasteiger partial charge in [-0.2, -0.15) is 0 Å². The molecule has 0 aromatic carbocycles. The summed E-state index contributed by atoms with van der Waals surface area (Å²) in [5.41, 5.74) is 5.74. The molecule has 0 saturated heterocycles. The highest BCUT2D eigenvalue weighted by molar-refractivity contribution is 7.18. The van der Waals surface area contributed by atoms with Gasteiger partial charge in [0.1, 0.15) is 10.7 Å². The number of hydrogen-bond acceptors (Lipinski definition) is 7. The topological polar surface area (TPSA) is 101 Å². The van der Waals surface area contributed by atoms with E-state index in [4.69, 9.17) is 15.6 Å². The Bertz CT molecular complexity index is 424. The van der Waals surface area contributed by atoms with Crippen LogP contribution in [0.15, 0.2) is 0 Å². The summed E-state index contributed by atoms with van der Waals surface area (Å²) in [6, 6.07) is -0.265. The first kappa shape index (κ1) is 15.7. The molecule has 0 fully saturated rings. The largest absolute Gasteiger partial charge is 0.394 e. The summed E-state index contributed by atoms with van der Waals surface area (Å²) in [5.74, 6) is -0.0387. The number of rotatable bonds is 7. The Morgan fingerprint density at radius 3 is 2.95 bits per heavy atom. The number of nitrogens with two attached hydrogens (primary N) is 1. The number of hydrogen-bond donors (Lipinski definition) is 3. The number of nitrogens with one attached hydrogen (secondary N) is 1. The summed E-state index contributed by atoms with van der Waals surface area (Å²) in [6.07, 6.45) is 0. The van der Waals surface area contributed by atoms with E-state index in [9.17, 15) is 4.79 Å². The van der Waals surface area contributed by atoms with E-state index in [1.54, 1.807) is 21.1 Å². The maximum Gasteiger partial charge on any atom is 0.267 e. The Kier molecular flexibility index (Phi) is 6.00. The quantitative estimate of drug-likeness (QED) is 0.621. The van der Waals surface area contributed by atoms with Gasteiger partial charge in [-0.05, 0) is 6.92 Å². The third-order valence-electron chi connectivity index (χ3n) is 2.68. The second-order valence-electron chi connectivity index (χ2n) is 4.10. The highest BCUT2D eigenvalue weighted by Crippen LogP contribution is 2.26. The number of aliphatic hydroxyl groups excluding tert-OH is 1. The second kappa shape index (κ2) is 7.27. The average Bonchev–Trinajstić information content (AvgIpc) is 2.77. The third-order valence-corrected chi connectivity index (χ3v) is 3.69. The van der Waals surface area contributed by atoms with Crippen molar-refractivity contribution in [2.75, 3.05) is 45.0 Å². The van der Waals surface area contributed by atoms with Crippen molar-refractivity contribution in [1.29, 1.82) is 0 Å². The van der Waals surface area contributed by atoms with Gasteiger partial charge in [0.2, 0.25) is 0 Å². The highest BCUT2D eigenvalue weighted by Gasteiger charge is 2.22. The Balaban J connectivity index is 2.75. The minimum atomic E-state index is -0.265. The molecule has 0 spiro atoms. The van der Waals surface area contributed by atoms with Crippen LogP contribution in [0, 0.1) is 0 Å². The Morgan fingerprint density at radius 1 is 1.68 bits per heavy atom. The summed E-state index contributed by atoms with van der Waals surface area (Å²) in [4.78, 5) is 18.1. The number of methoxy groups -OCH3 is 1.